The van der Waals surface area contributed by atoms with Gasteiger partial charge < -0.3 is 5.73 Å². The third-order valence-electron chi connectivity index (χ3n) is 4.41. The van der Waals surface area contributed by atoms with E-state index in [9.17, 15) is 0 Å². The maximum absolute atomic E-state index is 5.72. The van der Waals surface area contributed by atoms with Crippen LogP contribution in [0.25, 0.3) is 10.9 Å². The van der Waals surface area contributed by atoms with Crippen LogP contribution in [-0.4, -0.2) is 19.7 Å². The topological polar surface area (TPSA) is 69.6 Å². The van der Waals surface area contributed by atoms with Crippen molar-refractivity contribution in [3.63, 3.8) is 0 Å². The Morgan fingerprint density at radius 3 is 3.05 bits per heavy atom. The molecule has 2 unspecified atom stereocenters. The van der Waals surface area contributed by atoms with E-state index in [1.807, 2.05) is 29.1 Å². The smallest absolute Gasteiger partial charge is 0.239 e. The van der Waals surface area contributed by atoms with Gasteiger partial charge in [0.15, 0.2) is 0 Å². The fourth-order valence-electron chi connectivity index (χ4n) is 3.30. The molecule has 1 aliphatic heterocycles. The molecule has 21 heavy (non-hydrogen) atoms. The van der Waals surface area contributed by atoms with Gasteiger partial charge in [0.05, 0.1) is 11.6 Å². The van der Waals surface area contributed by atoms with E-state index in [4.69, 9.17) is 5.73 Å². The number of hydrogen-bond acceptors (Lipinski definition) is 4. The van der Waals surface area contributed by atoms with Crippen LogP contribution in [0.15, 0.2) is 36.5 Å². The third-order valence-corrected chi connectivity index (χ3v) is 4.41. The second-order valence-corrected chi connectivity index (χ2v) is 5.68. The van der Waals surface area contributed by atoms with Crippen LogP contribution in [0, 0.1) is 0 Å². The molecule has 5 nitrogen and oxygen atoms in total. The molecule has 106 valence electrons. The number of nitrogen functional groups attached to an aromatic ring is 1. The molecule has 5 heteroatoms. The summed E-state index contributed by atoms with van der Waals surface area (Å²) in [5.41, 5.74) is 8.03. The predicted molar refractivity (Wildman–Crippen MR) is 82.0 cm³/mol. The molecule has 0 fully saturated rings. The maximum Gasteiger partial charge on any atom is 0.239 e. The van der Waals surface area contributed by atoms with Gasteiger partial charge in [-0.25, -0.2) is 4.68 Å². The fraction of sp³-hybridized carbons (Fsp3) is 0.312. The van der Waals surface area contributed by atoms with Crippen molar-refractivity contribution in [3.05, 3.63) is 47.9 Å². The molecule has 2 atom stereocenters. The first-order valence-corrected chi connectivity index (χ1v) is 7.28. The number of hydrogen-bond donors (Lipinski definition) is 1. The van der Waals surface area contributed by atoms with Crippen LogP contribution < -0.4 is 5.73 Å². The van der Waals surface area contributed by atoms with Crippen LogP contribution in [0.4, 0.5) is 5.95 Å². The number of anilines is 1. The van der Waals surface area contributed by atoms with Gasteiger partial charge in [-0.3, -0.25) is 4.98 Å². The first-order valence-electron chi connectivity index (χ1n) is 7.28. The molecule has 4 rings (SSSR count). The fourth-order valence-corrected chi connectivity index (χ4v) is 3.30. The predicted octanol–water partition coefficient (Wildman–Crippen LogP) is 2.70. The van der Waals surface area contributed by atoms with Crippen molar-refractivity contribution >= 4 is 16.9 Å². The lowest BCUT2D eigenvalue weighted by molar-refractivity contribution is 0.338. The van der Waals surface area contributed by atoms with Gasteiger partial charge in [0.1, 0.15) is 5.82 Å². The lowest BCUT2D eigenvalue weighted by Gasteiger charge is -2.29. The summed E-state index contributed by atoms with van der Waals surface area (Å²) in [6.07, 6.45) is 3.96. The van der Waals surface area contributed by atoms with E-state index in [2.05, 4.69) is 34.1 Å². The number of nitrogens with two attached hydrogens (primary N) is 1. The molecule has 2 N–H and O–H groups in total. The van der Waals surface area contributed by atoms with E-state index in [-0.39, 0.29) is 6.04 Å². The van der Waals surface area contributed by atoms with Crippen LogP contribution in [0.3, 0.4) is 0 Å². The van der Waals surface area contributed by atoms with Gasteiger partial charge in [-0.15, -0.1) is 5.10 Å². The Labute approximate surface area is 122 Å². The maximum atomic E-state index is 5.72. The van der Waals surface area contributed by atoms with Crippen LogP contribution >= 0.6 is 0 Å². The first-order chi connectivity index (χ1) is 10.2. The van der Waals surface area contributed by atoms with Gasteiger partial charge in [0, 0.05) is 23.9 Å². The monoisotopic (exact) mass is 279 g/mol. The summed E-state index contributed by atoms with van der Waals surface area (Å²) >= 11 is 0. The van der Waals surface area contributed by atoms with E-state index in [1.165, 1.54) is 10.9 Å². The quantitative estimate of drug-likeness (QED) is 0.743. The molecule has 3 aromatic rings. The Hall–Kier alpha value is -2.43. The Balaban J connectivity index is 1.75. The minimum Gasteiger partial charge on any atom is -0.366 e. The van der Waals surface area contributed by atoms with Gasteiger partial charge in [0.25, 0.3) is 0 Å². The Morgan fingerprint density at radius 2 is 2.14 bits per heavy atom. The molecule has 1 aliphatic rings. The molecular formula is C16H17N5. The average Bonchev–Trinajstić information content (AvgIpc) is 2.89. The van der Waals surface area contributed by atoms with Gasteiger partial charge in [-0.05, 0) is 31.0 Å². The van der Waals surface area contributed by atoms with E-state index in [0.717, 1.165) is 24.2 Å². The standard InChI is InChI=1S/C16H17N5/c1-10-13(6-7-15-19-16(17)20-21(10)15)12-8-11-4-2-3-5-14(11)18-9-12/h2-5,8-10,13H,6-7H2,1H3,(H2,17,20). The summed E-state index contributed by atoms with van der Waals surface area (Å²) in [5, 5.41) is 5.52. The highest BCUT2D eigenvalue weighted by molar-refractivity contribution is 5.78. The number of aryl methyl sites for hydroxylation is 1. The molecule has 0 amide bonds. The Kier molecular flexibility index (Phi) is 2.67. The van der Waals surface area contributed by atoms with Gasteiger partial charge in [0.2, 0.25) is 5.95 Å². The van der Waals surface area contributed by atoms with Gasteiger partial charge >= 0.3 is 0 Å². The highest BCUT2D eigenvalue weighted by Crippen LogP contribution is 2.37. The normalized spacial score (nSPS) is 21.4. The lowest BCUT2D eigenvalue weighted by Crippen LogP contribution is -2.24. The highest BCUT2D eigenvalue weighted by Gasteiger charge is 2.29. The van der Waals surface area contributed by atoms with E-state index >= 15 is 0 Å². The minimum atomic E-state index is 0.251. The molecule has 2 aromatic heterocycles. The summed E-state index contributed by atoms with van der Waals surface area (Å²) in [4.78, 5) is 8.88. The van der Waals surface area contributed by atoms with Crippen LogP contribution in [0.1, 0.15) is 36.7 Å². The van der Waals surface area contributed by atoms with Crippen molar-refractivity contribution in [2.45, 2.75) is 31.7 Å². The number of nitrogens with zero attached hydrogens (tertiary/aromatic N) is 4. The molecular weight excluding hydrogens is 262 g/mol. The van der Waals surface area contributed by atoms with Crippen LogP contribution in [0.2, 0.25) is 0 Å². The van der Waals surface area contributed by atoms with Crippen molar-refractivity contribution in [1.29, 1.82) is 0 Å². The van der Waals surface area contributed by atoms with Crippen molar-refractivity contribution < 1.29 is 0 Å². The first kappa shape index (κ1) is 12.3. The Morgan fingerprint density at radius 1 is 1.29 bits per heavy atom. The number of fused-ring (bicyclic) bond motifs is 2. The zero-order chi connectivity index (χ0) is 14.4. The average molecular weight is 279 g/mol. The number of aromatic nitrogens is 4. The molecule has 0 spiro atoms. The van der Waals surface area contributed by atoms with Crippen LogP contribution in [0.5, 0.6) is 0 Å². The SMILES string of the molecule is CC1C(c2cnc3ccccc3c2)CCc2nc(N)nn21. The van der Waals surface area contributed by atoms with Crippen molar-refractivity contribution in [2.75, 3.05) is 5.73 Å². The summed E-state index contributed by atoms with van der Waals surface area (Å²) in [6, 6.07) is 10.7. The number of rotatable bonds is 1. The zero-order valence-corrected chi connectivity index (χ0v) is 11.9. The molecule has 3 heterocycles. The molecule has 0 saturated heterocycles. The molecule has 0 radical (unpaired) electrons. The van der Waals surface area contributed by atoms with E-state index < -0.39 is 0 Å². The summed E-state index contributed by atoms with van der Waals surface area (Å²) in [5.74, 6) is 1.76. The van der Waals surface area contributed by atoms with E-state index in [0.29, 0.717) is 11.9 Å². The minimum absolute atomic E-state index is 0.251. The lowest BCUT2D eigenvalue weighted by atomic mass is 9.86. The van der Waals surface area contributed by atoms with Crippen molar-refractivity contribution in [2.24, 2.45) is 0 Å². The summed E-state index contributed by atoms with van der Waals surface area (Å²) < 4.78 is 1.97. The molecule has 0 saturated carbocycles. The highest BCUT2D eigenvalue weighted by atomic mass is 15.4. The third kappa shape index (κ3) is 1.96. The summed E-state index contributed by atoms with van der Waals surface area (Å²) in [7, 11) is 0. The van der Waals surface area contributed by atoms with Crippen molar-refractivity contribution in [3.8, 4) is 0 Å². The largest absolute Gasteiger partial charge is 0.366 e. The van der Waals surface area contributed by atoms with Gasteiger partial charge in [-0.2, -0.15) is 4.98 Å². The van der Waals surface area contributed by atoms with Gasteiger partial charge in [-0.1, -0.05) is 18.2 Å². The number of benzene rings is 1. The Bertz CT molecular complexity index is 807. The molecule has 1 aromatic carbocycles. The van der Waals surface area contributed by atoms with Crippen LogP contribution in [-0.2, 0) is 6.42 Å². The van der Waals surface area contributed by atoms with Crippen molar-refractivity contribution in [1.82, 2.24) is 19.7 Å². The van der Waals surface area contributed by atoms with E-state index in [1.54, 1.807) is 0 Å². The summed E-state index contributed by atoms with van der Waals surface area (Å²) in [6.45, 7) is 2.18. The molecule has 0 aliphatic carbocycles. The number of pyridine rings is 1. The number of para-hydroxylation sites is 1. The second kappa shape index (κ2) is 4.55. The molecule has 0 bridgehead atoms. The second-order valence-electron chi connectivity index (χ2n) is 5.68. The zero-order valence-electron chi connectivity index (χ0n) is 11.9.